The second kappa shape index (κ2) is 7.01. The minimum Gasteiger partial charge on any atom is -0.279 e. The molecule has 138 valence electrons. The van der Waals surface area contributed by atoms with Crippen molar-refractivity contribution in [3.8, 4) is 10.6 Å². The summed E-state index contributed by atoms with van der Waals surface area (Å²) < 4.78 is 65.0. The third-order valence-corrected chi connectivity index (χ3v) is 7.23. The molecule has 0 spiro atoms. The van der Waals surface area contributed by atoms with Crippen LogP contribution in [0.25, 0.3) is 10.6 Å². The van der Waals surface area contributed by atoms with Crippen LogP contribution in [-0.4, -0.2) is 13.4 Å². The fourth-order valence-corrected chi connectivity index (χ4v) is 5.29. The highest BCUT2D eigenvalue weighted by atomic mass is 32.2. The van der Waals surface area contributed by atoms with E-state index in [0.29, 0.717) is 5.56 Å². The zero-order valence-corrected chi connectivity index (χ0v) is 15.8. The maximum Gasteiger partial charge on any atom is 0.416 e. The molecular formula is C16H13F3N2O2S3. The van der Waals surface area contributed by atoms with Gasteiger partial charge in [0.25, 0.3) is 10.0 Å². The van der Waals surface area contributed by atoms with Crippen molar-refractivity contribution in [2.24, 2.45) is 0 Å². The second-order valence-electron chi connectivity index (χ2n) is 5.33. The highest BCUT2D eigenvalue weighted by Gasteiger charge is 2.30. The lowest BCUT2D eigenvalue weighted by molar-refractivity contribution is -0.137. The van der Waals surface area contributed by atoms with E-state index in [2.05, 4.69) is 9.71 Å². The fraction of sp³-hybridized carbons (Fsp3) is 0.188. The van der Waals surface area contributed by atoms with E-state index in [4.69, 9.17) is 0 Å². The molecule has 3 rings (SSSR count). The van der Waals surface area contributed by atoms with Gasteiger partial charge in [0.1, 0.15) is 9.22 Å². The van der Waals surface area contributed by atoms with Gasteiger partial charge in [-0.2, -0.15) is 13.2 Å². The van der Waals surface area contributed by atoms with Gasteiger partial charge in [-0.25, -0.2) is 13.4 Å². The van der Waals surface area contributed by atoms with E-state index in [1.54, 1.807) is 5.38 Å². The molecule has 0 bridgehead atoms. The lowest BCUT2D eigenvalue weighted by Gasteiger charge is -2.09. The van der Waals surface area contributed by atoms with Crippen LogP contribution in [0.5, 0.6) is 0 Å². The number of aromatic nitrogens is 1. The first-order valence-corrected chi connectivity index (χ1v) is 10.7. The van der Waals surface area contributed by atoms with E-state index >= 15 is 0 Å². The Labute approximate surface area is 156 Å². The number of benzene rings is 1. The van der Waals surface area contributed by atoms with Crippen molar-refractivity contribution in [2.75, 3.05) is 4.72 Å². The quantitative estimate of drug-likeness (QED) is 0.615. The van der Waals surface area contributed by atoms with Gasteiger partial charge in [-0.3, -0.25) is 4.72 Å². The van der Waals surface area contributed by atoms with Crippen molar-refractivity contribution in [2.45, 2.75) is 23.7 Å². The molecule has 1 aromatic carbocycles. The highest BCUT2D eigenvalue weighted by Crippen LogP contribution is 2.33. The number of halogens is 3. The minimum atomic E-state index is -4.47. The zero-order chi connectivity index (χ0) is 18.9. The number of hydrogen-bond donors (Lipinski definition) is 1. The van der Waals surface area contributed by atoms with Crippen LogP contribution in [0.15, 0.2) is 45.3 Å². The van der Waals surface area contributed by atoms with E-state index in [0.717, 1.165) is 52.7 Å². The summed E-state index contributed by atoms with van der Waals surface area (Å²) in [7, 11) is -3.88. The summed E-state index contributed by atoms with van der Waals surface area (Å²) in [6, 6.07) is 5.35. The molecule has 0 aliphatic carbocycles. The van der Waals surface area contributed by atoms with Gasteiger partial charge in [0.2, 0.25) is 0 Å². The Kier molecular flexibility index (Phi) is 5.09. The summed E-state index contributed by atoms with van der Waals surface area (Å²) >= 11 is 2.46. The van der Waals surface area contributed by atoms with Crippen LogP contribution in [-0.2, 0) is 22.6 Å². The number of nitrogens with zero attached hydrogens (tertiary/aromatic N) is 1. The normalized spacial score (nSPS) is 12.3. The summed E-state index contributed by atoms with van der Waals surface area (Å²) in [6.45, 7) is 1.98. The van der Waals surface area contributed by atoms with Crippen LogP contribution in [0, 0.1) is 0 Å². The Morgan fingerprint density at radius 2 is 1.81 bits per heavy atom. The maximum atomic E-state index is 12.6. The Bertz CT molecular complexity index is 1010. The van der Waals surface area contributed by atoms with Crippen molar-refractivity contribution in [3.63, 3.8) is 0 Å². The topological polar surface area (TPSA) is 59.1 Å². The standard InChI is InChI=1S/C16H13F3N2O2S3/c1-2-12-9-25-15(20-12)10-7-14(24-8-10)26(22,23)21-13-5-3-11(4-6-13)16(17,18)19/h3-9,21H,2H2,1H3. The Hall–Kier alpha value is -1.91. The molecule has 0 amide bonds. The van der Waals surface area contributed by atoms with E-state index in [9.17, 15) is 21.6 Å². The molecule has 0 atom stereocenters. The molecule has 0 radical (unpaired) electrons. The van der Waals surface area contributed by atoms with Crippen LogP contribution in [0.4, 0.5) is 18.9 Å². The number of thiophene rings is 1. The van der Waals surface area contributed by atoms with Crippen LogP contribution >= 0.6 is 22.7 Å². The van der Waals surface area contributed by atoms with E-state index in [1.165, 1.54) is 17.4 Å². The number of rotatable bonds is 5. The van der Waals surface area contributed by atoms with Crippen LogP contribution in [0.3, 0.4) is 0 Å². The third kappa shape index (κ3) is 4.08. The van der Waals surface area contributed by atoms with Gasteiger partial charge in [0, 0.05) is 22.0 Å². The van der Waals surface area contributed by atoms with Crippen LogP contribution in [0.2, 0.25) is 0 Å². The summed E-state index contributed by atoms with van der Waals surface area (Å²) in [5.74, 6) is 0. The Morgan fingerprint density at radius 1 is 1.12 bits per heavy atom. The molecule has 0 unspecified atom stereocenters. The molecule has 2 aromatic heterocycles. The first-order valence-electron chi connectivity index (χ1n) is 7.42. The first-order chi connectivity index (χ1) is 12.2. The predicted octanol–water partition coefficient (Wildman–Crippen LogP) is 5.25. The number of thiazole rings is 1. The molecule has 0 saturated heterocycles. The van der Waals surface area contributed by atoms with E-state index in [1.807, 2.05) is 12.3 Å². The summed E-state index contributed by atoms with van der Waals surface area (Å²) in [4.78, 5) is 4.41. The van der Waals surface area contributed by atoms with Crippen LogP contribution in [0.1, 0.15) is 18.2 Å². The number of hydrogen-bond acceptors (Lipinski definition) is 5. The molecule has 1 N–H and O–H groups in total. The maximum absolute atomic E-state index is 12.6. The van der Waals surface area contributed by atoms with Crippen molar-refractivity contribution >= 4 is 38.4 Å². The number of sulfonamides is 1. The van der Waals surface area contributed by atoms with Gasteiger partial charge in [-0.15, -0.1) is 22.7 Å². The van der Waals surface area contributed by atoms with Crippen molar-refractivity contribution in [1.29, 1.82) is 0 Å². The molecule has 0 aliphatic rings. The molecule has 2 heterocycles. The monoisotopic (exact) mass is 418 g/mol. The lowest BCUT2D eigenvalue weighted by Crippen LogP contribution is -2.12. The Balaban J connectivity index is 1.80. The van der Waals surface area contributed by atoms with Crippen LogP contribution < -0.4 is 4.72 Å². The van der Waals surface area contributed by atoms with Gasteiger partial charge in [-0.05, 0) is 36.8 Å². The largest absolute Gasteiger partial charge is 0.416 e. The van der Waals surface area contributed by atoms with Gasteiger partial charge in [0.15, 0.2) is 0 Å². The van der Waals surface area contributed by atoms with Gasteiger partial charge in [-0.1, -0.05) is 6.92 Å². The van der Waals surface area contributed by atoms with E-state index in [-0.39, 0.29) is 9.90 Å². The Morgan fingerprint density at radius 3 is 2.38 bits per heavy atom. The number of aryl methyl sites for hydroxylation is 1. The number of nitrogens with one attached hydrogen (secondary N) is 1. The second-order valence-corrected chi connectivity index (χ2v) is 9.01. The summed E-state index contributed by atoms with van der Waals surface area (Å²) in [5, 5.41) is 4.34. The number of anilines is 1. The average Bonchev–Trinajstić information content (AvgIpc) is 3.23. The van der Waals surface area contributed by atoms with E-state index < -0.39 is 21.8 Å². The summed E-state index contributed by atoms with van der Waals surface area (Å²) in [6.07, 6.45) is -3.67. The average molecular weight is 418 g/mol. The number of alkyl halides is 3. The fourth-order valence-electron chi connectivity index (χ4n) is 2.10. The smallest absolute Gasteiger partial charge is 0.279 e. The minimum absolute atomic E-state index is 0.0652. The van der Waals surface area contributed by atoms with Gasteiger partial charge >= 0.3 is 6.18 Å². The lowest BCUT2D eigenvalue weighted by atomic mass is 10.2. The van der Waals surface area contributed by atoms with Crippen molar-refractivity contribution in [1.82, 2.24) is 4.98 Å². The predicted molar refractivity (Wildman–Crippen MR) is 97.1 cm³/mol. The highest BCUT2D eigenvalue weighted by molar-refractivity contribution is 7.94. The third-order valence-electron chi connectivity index (χ3n) is 3.47. The molecular weight excluding hydrogens is 405 g/mol. The SMILES string of the molecule is CCc1csc(-c2csc(S(=O)(=O)Nc3ccc(C(F)(F)F)cc3)c2)n1. The first kappa shape index (κ1) is 18.9. The molecule has 26 heavy (non-hydrogen) atoms. The molecule has 10 heteroatoms. The van der Waals surface area contributed by atoms with Crippen molar-refractivity contribution in [3.05, 3.63) is 52.3 Å². The molecule has 0 saturated carbocycles. The molecule has 4 nitrogen and oxygen atoms in total. The molecule has 0 fully saturated rings. The molecule has 0 aliphatic heterocycles. The van der Waals surface area contributed by atoms with Crippen molar-refractivity contribution < 1.29 is 21.6 Å². The van der Waals surface area contributed by atoms with Gasteiger partial charge < -0.3 is 0 Å². The molecule has 3 aromatic rings. The summed E-state index contributed by atoms with van der Waals surface area (Å²) in [5.41, 5.74) is 0.862. The zero-order valence-electron chi connectivity index (χ0n) is 13.4. The van der Waals surface area contributed by atoms with Gasteiger partial charge in [0.05, 0.1) is 11.3 Å².